The fourth-order valence-electron chi connectivity index (χ4n) is 2.28. The van der Waals surface area contributed by atoms with Crippen LogP contribution in [0.4, 0.5) is 0 Å². The summed E-state index contributed by atoms with van der Waals surface area (Å²) in [5.41, 5.74) is 3.03. The van der Waals surface area contributed by atoms with Gasteiger partial charge in [0, 0.05) is 11.1 Å². The number of aliphatic hydroxyl groups excluding tert-OH is 1. The molecule has 0 spiro atoms. The van der Waals surface area contributed by atoms with Gasteiger partial charge in [-0.05, 0) is 35.7 Å². The number of pyridine rings is 1. The zero-order valence-electron chi connectivity index (χ0n) is 12.2. The van der Waals surface area contributed by atoms with E-state index in [1.807, 2.05) is 28.8 Å². The van der Waals surface area contributed by atoms with Gasteiger partial charge in [-0.2, -0.15) is 0 Å². The van der Waals surface area contributed by atoms with Crippen LogP contribution in [0.1, 0.15) is 31.0 Å². The molecule has 1 N–H and O–H groups in total. The van der Waals surface area contributed by atoms with Crippen molar-refractivity contribution in [2.45, 2.75) is 36.3 Å². The summed E-state index contributed by atoms with van der Waals surface area (Å²) in [5.74, 6) is 0.534. The Morgan fingerprint density at radius 3 is 2.57 bits per heavy atom. The highest BCUT2D eigenvalue weighted by atomic mass is 32.2. The number of benzene rings is 1. The summed E-state index contributed by atoms with van der Waals surface area (Å²) >= 11 is 1.59. The average molecular weight is 298 g/mol. The molecule has 0 aliphatic heterocycles. The fourth-order valence-corrected chi connectivity index (χ4v) is 3.20. The van der Waals surface area contributed by atoms with Gasteiger partial charge in [-0.15, -0.1) is 0 Å². The largest absolute Gasteiger partial charge is 0.390 e. The first-order valence-corrected chi connectivity index (χ1v) is 7.85. The molecule has 3 aromatic rings. The molecule has 0 saturated carbocycles. The number of rotatable bonds is 4. The van der Waals surface area contributed by atoms with E-state index in [9.17, 15) is 5.11 Å². The Bertz CT molecular complexity index is 747. The molecule has 21 heavy (non-hydrogen) atoms. The molecule has 2 heterocycles. The zero-order valence-corrected chi connectivity index (χ0v) is 13.0. The second kappa shape index (κ2) is 5.92. The lowest BCUT2D eigenvalue weighted by atomic mass is 10.0. The number of hydrogen-bond donors (Lipinski definition) is 1. The zero-order chi connectivity index (χ0) is 14.8. The number of aromatic nitrogens is 2. The summed E-state index contributed by atoms with van der Waals surface area (Å²) in [6, 6.07) is 14.4. The number of aliphatic hydroxyl groups is 1. The molecule has 0 unspecified atom stereocenters. The van der Waals surface area contributed by atoms with Crippen molar-refractivity contribution >= 4 is 17.4 Å². The van der Waals surface area contributed by atoms with E-state index in [-0.39, 0.29) is 6.61 Å². The highest BCUT2D eigenvalue weighted by molar-refractivity contribution is 7.99. The molecule has 0 fully saturated rings. The SMILES string of the molecule is CC(C)c1ccc(Sc2nc3ccccn3c2CO)cc1. The number of hydrogen-bond acceptors (Lipinski definition) is 3. The maximum absolute atomic E-state index is 9.63. The minimum Gasteiger partial charge on any atom is -0.390 e. The van der Waals surface area contributed by atoms with Crippen LogP contribution in [0, 0.1) is 0 Å². The average Bonchev–Trinajstić information content (AvgIpc) is 2.84. The normalized spacial score (nSPS) is 11.4. The van der Waals surface area contributed by atoms with Crippen molar-refractivity contribution in [3.63, 3.8) is 0 Å². The van der Waals surface area contributed by atoms with Crippen LogP contribution in [-0.4, -0.2) is 14.5 Å². The first-order chi connectivity index (χ1) is 10.2. The van der Waals surface area contributed by atoms with Gasteiger partial charge in [-0.3, -0.25) is 0 Å². The smallest absolute Gasteiger partial charge is 0.138 e. The van der Waals surface area contributed by atoms with Crippen LogP contribution in [0.2, 0.25) is 0 Å². The molecule has 0 bridgehead atoms. The van der Waals surface area contributed by atoms with Crippen molar-refractivity contribution in [2.24, 2.45) is 0 Å². The van der Waals surface area contributed by atoms with E-state index in [0.29, 0.717) is 5.92 Å². The van der Waals surface area contributed by atoms with Crippen molar-refractivity contribution < 1.29 is 5.11 Å². The summed E-state index contributed by atoms with van der Waals surface area (Å²) in [5, 5.41) is 10.5. The minimum absolute atomic E-state index is 0.0163. The molecular formula is C17H18N2OS. The lowest BCUT2D eigenvalue weighted by Crippen LogP contribution is -1.92. The molecule has 0 atom stereocenters. The van der Waals surface area contributed by atoms with E-state index in [4.69, 9.17) is 0 Å². The van der Waals surface area contributed by atoms with Gasteiger partial charge in [0.05, 0.1) is 12.3 Å². The Kier molecular flexibility index (Phi) is 3.99. The van der Waals surface area contributed by atoms with E-state index in [2.05, 4.69) is 43.1 Å². The van der Waals surface area contributed by atoms with E-state index in [1.165, 1.54) is 5.56 Å². The summed E-state index contributed by atoms with van der Waals surface area (Å²) < 4.78 is 1.94. The number of imidazole rings is 1. The Labute approximate surface area is 128 Å². The molecule has 0 amide bonds. The highest BCUT2D eigenvalue weighted by Gasteiger charge is 2.12. The van der Waals surface area contributed by atoms with Gasteiger partial charge in [-0.1, -0.05) is 43.8 Å². The molecule has 0 aliphatic rings. The van der Waals surface area contributed by atoms with Crippen LogP contribution in [0.5, 0.6) is 0 Å². The minimum atomic E-state index is -0.0163. The van der Waals surface area contributed by atoms with Gasteiger partial charge in [0.2, 0.25) is 0 Å². The second-order valence-electron chi connectivity index (χ2n) is 5.28. The van der Waals surface area contributed by atoms with Crippen molar-refractivity contribution in [1.29, 1.82) is 0 Å². The number of fused-ring (bicyclic) bond motifs is 1. The predicted molar refractivity (Wildman–Crippen MR) is 85.8 cm³/mol. The van der Waals surface area contributed by atoms with E-state index < -0.39 is 0 Å². The Morgan fingerprint density at radius 2 is 1.90 bits per heavy atom. The summed E-state index contributed by atoms with van der Waals surface area (Å²) in [6.07, 6.45) is 1.93. The van der Waals surface area contributed by atoms with E-state index in [0.717, 1.165) is 21.3 Å². The fraction of sp³-hybridized carbons (Fsp3) is 0.235. The van der Waals surface area contributed by atoms with Crippen molar-refractivity contribution in [3.05, 3.63) is 59.9 Å². The maximum Gasteiger partial charge on any atom is 0.138 e. The molecule has 108 valence electrons. The molecule has 0 radical (unpaired) electrons. The van der Waals surface area contributed by atoms with Crippen LogP contribution in [0.15, 0.2) is 58.6 Å². The van der Waals surface area contributed by atoms with Crippen LogP contribution in [0.25, 0.3) is 5.65 Å². The predicted octanol–water partition coefficient (Wildman–Crippen LogP) is 4.10. The van der Waals surface area contributed by atoms with Gasteiger partial charge in [-0.25, -0.2) is 4.98 Å². The summed E-state index contributed by atoms with van der Waals surface area (Å²) in [7, 11) is 0. The van der Waals surface area contributed by atoms with Gasteiger partial charge in [0.1, 0.15) is 10.7 Å². The van der Waals surface area contributed by atoms with Crippen molar-refractivity contribution in [1.82, 2.24) is 9.38 Å². The van der Waals surface area contributed by atoms with Gasteiger partial charge in [0.15, 0.2) is 0 Å². The third kappa shape index (κ3) is 2.82. The first kappa shape index (κ1) is 14.2. The topological polar surface area (TPSA) is 37.5 Å². The molecule has 4 heteroatoms. The second-order valence-corrected chi connectivity index (χ2v) is 6.34. The van der Waals surface area contributed by atoms with Crippen LogP contribution in [-0.2, 0) is 6.61 Å². The number of nitrogens with zero attached hydrogens (tertiary/aromatic N) is 2. The van der Waals surface area contributed by atoms with Crippen molar-refractivity contribution in [2.75, 3.05) is 0 Å². The molecule has 0 aliphatic carbocycles. The third-order valence-electron chi connectivity index (χ3n) is 3.50. The maximum atomic E-state index is 9.63. The van der Waals surface area contributed by atoms with Gasteiger partial charge < -0.3 is 9.51 Å². The van der Waals surface area contributed by atoms with Crippen molar-refractivity contribution in [3.8, 4) is 0 Å². The third-order valence-corrected chi connectivity index (χ3v) is 4.53. The van der Waals surface area contributed by atoms with Crippen LogP contribution < -0.4 is 0 Å². The van der Waals surface area contributed by atoms with Gasteiger partial charge >= 0.3 is 0 Å². The lowest BCUT2D eigenvalue weighted by molar-refractivity contribution is 0.272. The molecule has 3 nitrogen and oxygen atoms in total. The van der Waals surface area contributed by atoms with Crippen LogP contribution in [0.3, 0.4) is 0 Å². The molecule has 0 saturated heterocycles. The molecule has 3 rings (SSSR count). The van der Waals surface area contributed by atoms with Crippen LogP contribution >= 0.6 is 11.8 Å². The monoisotopic (exact) mass is 298 g/mol. The Morgan fingerprint density at radius 1 is 1.14 bits per heavy atom. The Hall–Kier alpha value is -1.78. The Balaban J connectivity index is 1.94. The molecular weight excluding hydrogens is 280 g/mol. The first-order valence-electron chi connectivity index (χ1n) is 7.03. The molecule has 1 aromatic carbocycles. The highest BCUT2D eigenvalue weighted by Crippen LogP contribution is 2.31. The molecule has 2 aromatic heterocycles. The van der Waals surface area contributed by atoms with E-state index >= 15 is 0 Å². The standard InChI is InChI=1S/C17H18N2OS/c1-12(2)13-6-8-14(9-7-13)21-17-15(11-20)19-10-4-3-5-16(19)18-17/h3-10,12,20H,11H2,1-2H3. The van der Waals surface area contributed by atoms with E-state index in [1.54, 1.807) is 11.8 Å². The lowest BCUT2D eigenvalue weighted by Gasteiger charge is -2.06. The summed E-state index contributed by atoms with van der Waals surface area (Å²) in [6.45, 7) is 4.36. The summed E-state index contributed by atoms with van der Waals surface area (Å²) in [4.78, 5) is 5.74. The quantitative estimate of drug-likeness (QED) is 0.788. The van der Waals surface area contributed by atoms with Gasteiger partial charge in [0.25, 0.3) is 0 Å².